The molecule has 0 saturated carbocycles. The molecule has 0 fully saturated rings. The van der Waals surface area contributed by atoms with Crippen LogP contribution in [0.25, 0.3) is 0 Å². The minimum atomic E-state index is -0.0142. The van der Waals surface area contributed by atoms with Gasteiger partial charge in [0.15, 0.2) is 0 Å². The van der Waals surface area contributed by atoms with E-state index in [0.717, 1.165) is 0 Å². The first kappa shape index (κ1) is 11.5. The number of likely N-dealkylation sites (N-methyl/N-ethyl adjacent to an activating group) is 1. The molecule has 15 heavy (non-hydrogen) atoms. The van der Waals surface area contributed by atoms with Crippen molar-refractivity contribution in [2.24, 2.45) is 5.73 Å². The van der Waals surface area contributed by atoms with Gasteiger partial charge in [-0.2, -0.15) is 0 Å². The van der Waals surface area contributed by atoms with Crippen molar-refractivity contribution in [2.45, 2.75) is 13.0 Å². The summed E-state index contributed by atoms with van der Waals surface area (Å²) in [5.41, 5.74) is 6.02. The van der Waals surface area contributed by atoms with Crippen molar-refractivity contribution < 1.29 is 5.11 Å². The smallest absolute Gasteiger partial charge is 0.129 e. The van der Waals surface area contributed by atoms with Gasteiger partial charge in [0.05, 0.1) is 12.6 Å². The average Bonchev–Trinajstić information content (AvgIpc) is 2.27. The van der Waals surface area contributed by atoms with E-state index in [1.165, 1.54) is 0 Å². The summed E-state index contributed by atoms with van der Waals surface area (Å²) in [4.78, 5) is 5.99. The lowest BCUT2D eigenvalue weighted by Crippen LogP contribution is -2.32. The fourth-order valence-corrected chi connectivity index (χ4v) is 1.13. The van der Waals surface area contributed by atoms with Gasteiger partial charge in [0.25, 0.3) is 0 Å². The van der Waals surface area contributed by atoms with E-state index in [9.17, 15) is 0 Å². The molecular formula is C10H16N4O. The summed E-state index contributed by atoms with van der Waals surface area (Å²) in [5.74, 6) is 0.716. The molecular weight excluding hydrogens is 192 g/mol. The van der Waals surface area contributed by atoms with Crippen LogP contribution in [0.1, 0.15) is 12.5 Å². The van der Waals surface area contributed by atoms with Crippen LogP contribution in [0.3, 0.4) is 0 Å². The predicted octanol–water partition coefficient (Wildman–Crippen LogP) is 0.183. The summed E-state index contributed by atoms with van der Waals surface area (Å²) in [5, 5.41) is 16.3. The molecule has 1 unspecified atom stereocenters. The number of aliphatic hydroxyl groups excluding tert-OH is 1. The summed E-state index contributed by atoms with van der Waals surface area (Å²) >= 11 is 0. The highest BCUT2D eigenvalue weighted by Crippen LogP contribution is 2.13. The summed E-state index contributed by atoms with van der Waals surface area (Å²) in [6.45, 7) is 1.95. The van der Waals surface area contributed by atoms with Gasteiger partial charge in [-0.25, -0.2) is 4.98 Å². The lowest BCUT2D eigenvalue weighted by Gasteiger charge is -2.24. The Labute approximate surface area is 89.1 Å². The van der Waals surface area contributed by atoms with E-state index >= 15 is 0 Å². The molecule has 0 spiro atoms. The number of nitrogens with zero attached hydrogens (tertiary/aromatic N) is 2. The standard InChI is InChI=1S/C10H16N4O/c1-7(6-15)14(2)9-5-8(10(11)12)3-4-13-9/h3-5,7,15H,6H2,1-2H3,(H3,11,12). The second-order valence-electron chi connectivity index (χ2n) is 3.46. The molecule has 0 aliphatic rings. The number of nitrogens with two attached hydrogens (primary N) is 1. The van der Waals surface area contributed by atoms with Crippen LogP contribution < -0.4 is 10.6 Å². The fourth-order valence-electron chi connectivity index (χ4n) is 1.13. The molecule has 1 aromatic rings. The van der Waals surface area contributed by atoms with Crippen molar-refractivity contribution in [3.63, 3.8) is 0 Å². The lowest BCUT2D eigenvalue weighted by atomic mass is 10.2. The zero-order valence-corrected chi connectivity index (χ0v) is 8.94. The number of nitrogens with one attached hydrogen (secondary N) is 1. The number of rotatable bonds is 4. The van der Waals surface area contributed by atoms with Gasteiger partial charge >= 0.3 is 0 Å². The number of anilines is 1. The molecule has 1 atom stereocenters. The second kappa shape index (κ2) is 4.75. The number of hydrogen-bond acceptors (Lipinski definition) is 4. The van der Waals surface area contributed by atoms with E-state index in [1.807, 2.05) is 18.9 Å². The monoisotopic (exact) mass is 208 g/mol. The first-order valence-corrected chi connectivity index (χ1v) is 4.70. The first-order valence-electron chi connectivity index (χ1n) is 4.70. The van der Waals surface area contributed by atoms with Crippen LogP contribution in [-0.2, 0) is 0 Å². The zero-order chi connectivity index (χ0) is 11.4. The summed E-state index contributed by atoms with van der Waals surface area (Å²) in [6.07, 6.45) is 1.60. The molecule has 0 radical (unpaired) electrons. The van der Waals surface area contributed by atoms with Crippen LogP contribution in [0.15, 0.2) is 18.3 Å². The molecule has 4 N–H and O–H groups in total. The Hall–Kier alpha value is -1.62. The van der Waals surface area contributed by atoms with E-state index < -0.39 is 0 Å². The van der Waals surface area contributed by atoms with Crippen LogP contribution in [0.2, 0.25) is 0 Å². The minimum Gasteiger partial charge on any atom is -0.394 e. The number of pyridine rings is 1. The quantitative estimate of drug-likeness (QED) is 0.486. The third kappa shape index (κ3) is 2.66. The van der Waals surface area contributed by atoms with Gasteiger partial charge < -0.3 is 15.7 Å². The van der Waals surface area contributed by atoms with E-state index in [1.54, 1.807) is 18.3 Å². The SMILES string of the molecule is CC(CO)N(C)c1cc(C(=N)N)ccn1. The maximum Gasteiger partial charge on any atom is 0.129 e. The molecule has 5 heteroatoms. The van der Waals surface area contributed by atoms with Gasteiger partial charge in [-0.3, -0.25) is 5.41 Å². The van der Waals surface area contributed by atoms with Crippen LogP contribution in [0.4, 0.5) is 5.82 Å². The molecule has 82 valence electrons. The van der Waals surface area contributed by atoms with Crippen molar-refractivity contribution >= 4 is 11.7 Å². The number of amidine groups is 1. The molecule has 5 nitrogen and oxygen atoms in total. The molecule has 0 aromatic carbocycles. The number of hydrogen-bond donors (Lipinski definition) is 3. The molecule has 0 aliphatic carbocycles. The molecule has 1 rings (SSSR count). The number of aliphatic hydroxyl groups is 1. The predicted molar refractivity (Wildman–Crippen MR) is 60.2 cm³/mol. The number of aromatic nitrogens is 1. The summed E-state index contributed by atoms with van der Waals surface area (Å²) in [6, 6.07) is 3.40. The highest BCUT2D eigenvalue weighted by molar-refractivity contribution is 5.95. The van der Waals surface area contributed by atoms with Crippen molar-refractivity contribution in [2.75, 3.05) is 18.6 Å². The first-order chi connectivity index (χ1) is 7.06. The summed E-state index contributed by atoms with van der Waals surface area (Å²) in [7, 11) is 1.84. The van der Waals surface area contributed by atoms with Crippen molar-refractivity contribution in [1.82, 2.24) is 4.98 Å². The van der Waals surface area contributed by atoms with Gasteiger partial charge in [0.1, 0.15) is 11.7 Å². The molecule has 0 amide bonds. The molecule has 1 heterocycles. The zero-order valence-electron chi connectivity index (χ0n) is 8.94. The van der Waals surface area contributed by atoms with Crippen LogP contribution in [-0.4, -0.2) is 35.6 Å². The van der Waals surface area contributed by atoms with E-state index in [-0.39, 0.29) is 18.5 Å². The molecule has 0 bridgehead atoms. The number of nitrogen functional groups attached to an aromatic ring is 1. The van der Waals surface area contributed by atoms with Crippen molar-refractivity contribution in [1.29, 1.82) is 5.41 Å². The third-order valence-electron chi connectivity index (χ3n) is 2.34. The Balaban J connectivity index is 2.94. The molecule has 0 aliphatic heterocycles. The second-order valence-corrected chi connectivity index (χ2v) is 3.46. The summed E-state index contributed by atoms with van der Waals surface area (Å²) < 4.78 is 0. The fraction of sp³-hybridized carbons (Fsp3) is 0.400. The van der Waals surface area contributed by atoms with E-state index in [0.29, 0.717) is 11.4 Å². The minimum absolute atomic E-state index is 0.0142. The van der Waals surface area contributed by atoms with Gasteiger partial charge in [-0.1, -0.05) is 0 Å². The largest absolute Gasteiger partial charge is 0.394 e. The van der Waals surface area contributed by atoms with Gasteiger partial charge in [-0.15, -0.1) is 0 Å². The van der Waals surface area contributed by atoms with Crippen molar-refractivity contribution in [3.8, 4) is 0 Å². The third-order valence-corrected chi connectivity index (χ3v) is 2.34. The maximum absolute atomic E-state index is 9.01. The Morgan fingerprint density at radius 3 is 2.93 bits per heavy atom. The van der Waals surface area contributed by atoms with E-state index in [2.05, 4.69) is 4.98 Å². The normalized spacial score (nSPS) is 12.2. The van der Waals surface area contributed by atoms with E-state index in [4.69, 9.17) is 16.2 Å². The Morgan fingerprint density at radius 1 is 1.73 bits per heavy atom. The van der Waals surface area contributed by atoms with Crippen LogP contribution in [0, 0.1) is 5.41 Å². The Morgan fingerprint density at radius 2 is 2.40 bits per heavy atom. The maximum atomic E-state index is 9.01. The van der Waals surface area contributed by atoms with Gasteiger partial charge in [-0.05, 0) is 19.1 Å². The van der Waals surface area contributed by atoms with Gasteiger partial charge in [0.2, 0.25) is 0 Å². The highest BCUT2D eigenvalue weighted by Gasteiger charge is 2.10. The van der Waals surface area contributed by atoms with Crippen LogP contribution >= 0.6 is 0 Å². The highest BCUT2D eigenvalue weighted by atomic mass is 16.3. The van der Waals surface area contributed by atoms with Gasteiger partial charge in [0, 0.05) is 18.8 Å². The van der Waals surface area contributed by atoms with Crippen molar-refractivity contribution in [3.05, 3.63) is 23.9 Å². The molecule has 1 aromatic heterocycles. The Bertz CT molecular complexity index is 353. The Kier molecular flexibility index (Phi) is 3.62. The average molecular weight is 208 g/mol. The lowest BCUT2D eigenvalue weighted by molar-refractivity contribution is 0.270. The van der Waals surface area contributed by atoms with Crippen LogP contribution in [0.5, 0.6) is 0 Å². The topological polar surface area (TPSA) is 86.2 Å². The molecule has 0 saturated heterocycles.